The van der Waals surface area contributed by atoms with Crippen LogP contribution in [0, 0.1) is 5.92 Å². The van der Waals surface area contributed by atoms with Crippen LogP contribution in [0.25, 0.3) is 0 Å². The maximum atomic E-state index is 12.3. The van der Waals surface area contributed by atoms with Gasteiger partial charge >= 0.3 is 0 Å². The number of nitrogens with zero attached hydrogens (tertiary/aromatic N) is 1. The minimum Gasteiger partial charge on any atom is -0.399 e. The summed E-state index contributed by atoms with van der Waals surface area (Å²) in [7, 11) is -3.35. The Morgan fingerprint density at radius 3 is 2.82 bits per heavy atom. The van der Waals surface area contributed by atoms with Gasteiger partial charge in [0, 0.05) is 18.8 Å². The van der Waals surface area contributed by atoms with Crippen LogP contribution >= 0.6 is 0 Å². The number of benzene rings is 1. The van der Waals surface area contributed by atoms with Gasteiger partial charge < -0.3 is 5.73 Å². The third kappa shape index (κ3) is 2.45. The van der Waals surface area contributed by atoms with Crippen molar-refractivity contribution < 1.29 is 8.42 Å². The average Bonchev–Trinajstić information content (AvgIpc) is 2.78. The van der Waals surface area contributed by atoms with Gasteiger partial charge in [-0.05, 0) is 30.5 Å². The van der Waals surface area contributed by atoms with Crippen LogP contribution in [0.2, 0.25) is 0 Å². The standard InChI is InChI=1S/C12H18N2O2S/c1-2-10-6-7-14(9-10)17(15,16)12-5-3-4-11(13)8-12/h3-5,8,10H,2,6-7,9,13H2,1H3. The minimum atomic E-state index is -3.35. The molecule has 0 spiro atoms. The van der Waals surface area contributed by atoms with E-state index in [-0.39, 0.29) is 0 Å². The third-order valence-electron chi connectivity index (χ3n) is 3.32. The zero-order valence-corrected chi connectivity index (χ0v) is 10.8. The summed E-state index contributed by atoms with van der Waals surface area (Å²) in [5, 5.41) is 0. The molecule has 1 aromatic rings. The zero-order valence-electron chi connectivity index (χ0n) is 9.96. The first-order valence-electron chi connectivity index (χ1n) is 5.89. The number of nitrogen functional groups attached to an aromatic ring is 1. The van der Waals surface area contributed by atoms with Crippen molar-refractivity contribution in [2.45, 2.75) is 24.7 Å². The van der Waals surface area contributed by atoms with Crippen molar-refractivity contribution in [2.24, 2.45) is 5.92 Å². The van der Waals surface area contributed by atoms with Crippen LogP contribution in [0.5, 0.6) is 0 Å². The molecule has 5 heteroatoms. The van der Waals surface area contributed by atoms with Crippen molar-refractivity contribution in [2.75, 3.05) is 18.8 Å². The molecule has 1 heterocycles. The fourth-order valence-corrected chi connectivity index (χ4v) is 3.76. The van der Waals surface area contributed by atoms with Crippen LogP contribution in [0.3, 0.4) is 0 Å². The Morgan fingerprint density at radius 2 is 2.24 bits per heavy atom. The van der Waals surface area contributed by atoms with E-state index in [0.717, 1.165) is 12.8 Å². The molecule has 0 aromatic heterocycles. The summed E-state index contributed by atoms with van der Waals surface area (Å²) in [6.07, 6.45) is 1.99. The number of hydrogen-bond donors (Lipinski definition) is 1. The molecule has 1 aliphatic rings. The van der Waals surface area contributed by atoms with Crippen molar-refractivity contribution in [1.82, 2.24) is 4.31 Å². The molecule has 2 rings (SSSR count). The number of anilines is 1. The van der Waals surface area contributed by atoms with Crippen molar-refractivity contribution in [1.29, 1.82) is 0 Å². The van der Waals surface area contributed by atoms with Crippen LogP contribution in [0.1, 0.15) is 19.8 Å². The lowest BCUT2D eigenvalue weighted by molar-refractivity contribution is 0.453. The van der Waals surface area contributed by atoms with Gasteiger partial charge in [-0.1, -0.05) is 19.4 Å². The van der Waals surface area contributed by atoms with Gasteiger partial charge in [0.15, 0.2) is 0 Å². The molecule has 4 nitrogen and oxygen atoms in total. The zero-order chi connectivity index (χ0) is 12.5. The predicted octanol–water partition coefficient (Wildman–Crippen LogP) is 1.69. The van der Waals surface area contributed by atoms with E-state index in [2.05, 4.69) is 6.92 Å². The Bertz CT molecular complexity index is 499. The van der Waals surface area contributed by atoms with Gasteiger partial charge in [0.2, 0.25) is 10.0 Å². The van der Waals surface area contributed by atoms with E-state index < -0.39 is 10.0 Å². The molecule has 2 N–H and O–H groups in total. The van der Waals surface area contributed by atoms with Gasteiger partial charge in [0.05, 0.1) is 4.90 Å². The lowest BCUT2D eigenvalue weighted by atomic mass is 10.1. The summed E-state index contributed by atoms with van der Waals surface area (Å²) in [5.74, 6) is 0.492. The summed E-state index contributed by atoms with van der Waals surface area (Å²) in [5.41, 5.74) is 6.11. The van der Waals surface area contributed by atoms with E-state index in [9.17, 15) is 8.42 Å². The lowest BCUT2D eigenvalue weighted by Crippen LogP contribution is -2.28. The van der Waals surface area contributed by atoms with Gasteiger partial charge in [-0.15, -0.1) is 0 Å². The van der Waals surface area contributed by atoms with Crippen molar-refractivity contribution in [3.8, 4) is 0 Å². The van der Waals surface area contributed by atoms with Crippen molar-refractivity contribution in [3.05, 3.63) is 24.3 Å². The van der Waals surface area contributed by atoms with Crippen LogP contribution < -0.4 is 5.73 Å². The van der Waals surface area contributed by atoms with Crippen LogP contribution in [0.15, 0.2) is 29.2 Å². The van der Waals surface area contributed by atoms with Gasteiger partial charge in [-0.25, -0.2) is 8.42 Å². The Balaban J connectivity index is 2.25. The van der Waals surface area contributed by atoms with Gasteiger partial charge in [-0.3, -0.25) is 0 Å². The summed E-state index contributed by atoms with van der Waals surface area (Å²) in [6.45, 7) is 3.35. The van der Waals surface area contributed by atoms with E-state index >= 15 is 0 Å². The van der Waals surface area contributed by atoms with E-state index in [1.807, 2.05) is 0 Å². The molecule has 0 bridgehead atoms. The van der Waals surface area contributed by atoms with E-state index in [1.165, 1.54) is 6.07 Å². The number of sulfonamides is 1. The molecule has 1 unspecified atom stereocenters. The second-order valence-corrected chi connectivity index (χ2v) is 6.44. The summed E-state index contributed by atoms with van der Waals surface area (Å²) in [6, 6.07) is 6.49. The molecule has 0 amide bonds. The Kier molecular flexibility index (Phi) is 3.40. The average molecular weight is 254 g/mol. The van der Waals surface area contributed by atoms with Gasteiger partial charge in [-0.2, -0.15) is 4.31 Å². The molecule has 0 radical (unpaired) electrons. The number of rotatable bonds is 3. The predicted molar refractivity (Wildman–Crippen MR) is 68.0 cm³/mol. The van der Waals surface area contributed by atoms with Crippen LogP contribution in [-0.2, 0) is 10.0 Å². The highest BCUT2D eigenvalue weighted by Crippen LogP contribution is 2.26. The second-order valence-electron chi connectivity index (χ2n) is 4.50. The fourth-order valence-electron chi connectivity index (χ4n) is 2.17. The largest absolute Gasteiger partial charge is 0.399 e. The Labute approximate surface area is 102 Å². The van der Waals surface area contributed by atoms with Gasteiger partial charge in [0.1, 0.15) is 0 Å². The van der Waals surface area contributed by atoms with E-state index in [1.54, 1.807) is 22.5 Å². The number of nitrogens with two attached hydrogens (primary N) is 1. The van der Waals surface area contributed by atoms with E-state index in [0.29, 0.717) is 29.6 Å². The smallest absolute Gasteiger partial charge is 0.243 e. The first kappa shape index (κ1) is 12.4. The summed E-state index contributed by atoms with van der Waals surface area (Å²) in [4.78, 5) is 0.300. The molecular weight excluding hydrogens is 236 g/mol. The SMILES string of the molecule is CCC1CCN(S(=O)(=O)c2cccc(N)c2)C1. The van der Waals surface area contributed by atoms with Crippen LogP contribution in [0.4, 0.5) is 5.69 Å². The molecule has 1 aromatic carbocycles. The molecule has 1 saturated heterocycles. The Hall–Kier alpha value is -1.07. The van der Waals surface area contributed by atoms with Gasteiger partial charge in [0.25, 0.3) is 0 Å². The molecular formula is C12H18N2O2S. The number of hydrogen-bond acceptors (Lipinski definition) is 3. The topological polar surface area (TPSA) is 63.4 Å². The lowest BCUT2D eigenvalue weighted by Gasteiger charge is -2.16. The maximum absolute atomic E-state index is 12.3. The molecule has 1 atom stereocenters. The third-order valence-corrected chi connectivity index (χ3v) is 5.18. The minimum absolute atomic E-state index is 0.300. The van der Waals surface area contributed by atoms with Crippen molar-refractivity contribution in [3.63, 3.8) is 0 Å². The monoisotopic (exact) mass is 254 g/mol. The van der Waals surface area contributed by atoms with Crippen molar-refractivity contribution >= 4 is 15.7 Å². The molecule has 1 aliphatic heterocycles. The molecule has 0 aliphatic carbocycles. The first-order chi connectivity index (χ1) is 8.04. The first-order valence-corrected chi connectivity index (χ1v) is 7.33. The second kappa shape index (κ2) is 4.66. The van der Waals surface area contributed by atoms with Crippen LogP contribution in [-0.4, -0.2) is 25.8 Å². The fraction of sp³-hybridized carbons (Fsp3) is 0.500. The maximum Gasteiger partial charge on any atom is 0.243 e. The Morgan fingerprint density at radius 1 is 1.47 bits per heavy atom. The molecule has 94 valence electrons. The highest BCUT2D eigenvalue weighted by atomic mass is 32.2. The quantitative estimate of drug-likeness (QED) is 0.835. The normalized spacial score (nSPS) is 21.8. The van der Waals surface area contributed by atoms with E-state index in [4.69, 9.17) is 5.73 Å². The molecule has 0 saturated carbocycles. The highest BCUT2D eigenvalue weighted by Gasteiger charge is 2.31. The molecule has 17 heavy (non-hydrogen) atoms. The summed E-state index contributed by atoms with van der Waals surface area (Å²) >= 11 is 0. The molecule has 1 fully saturated rings. The summed E-state index contributed by atoms with van der Waals surface area (Å²) < 4.78 is 26.2. The highest BCUT2D eigenvalue weighted by molar-refractivity contribution is 7.89.